The van der Waals surface area contributed by atoms with Crippen LogP contribution in [0.25, 0.3) is 0 Å². The number of nitrogens with zero attached hydrogens (tertiary/aromatic N) is 2. The molecule has 4 nitrogen and oxygen atoms in total. The summed E-state index contributed by atoms with van der Waals surface area (Å²) in [4.78, 5) is 13.0. The lowest BCUT2D eigenvalue weighted by Crippen LogP contribution is -2.08. The maximum absolute atomic E-state index is 11.0. The maximum atomic E-state index is 11.0. The Morgan fingerprint density at radius 2 is 1.89 bits per heavy atom. The van der Waals surface area contributed by atoms with E-state index in [9.17, 15) is 4.79 Å². The minimum absolute atomic E-state index is 0.699. The third-order valence-electron chi connectivity index (χ3n) is 3.29. The summed E-state index contributed by atoms with van der Waals surface area (Å²) < 4.78 is 0. The predicted octanol–water partition coefficient (Wildman–Crippen LogP) is 2.38. The van der Waals surface area contributed by atoms with Gasteiger partial charge < -0.3 is 4.90 Å². The van der Waals surface area contributed by atoms with Gasteiger partial charge in [-0.1, -0.05) is 12.1 Å². The summed E-state index contributed by atoms with van der Waals surface area (Å²) in [6.07, 6.45) is 2.54. The molecule has 1 heterocycles. The number of carbonyl (C=O) groups is 1. The van der Waals surface area contributed by atoms with Gasteiger partial charge in [0.1, 0.15) is 0 Å². The van der Waals surface area contributed by atoms with E-state index in [1.165, 1.54) is 11.3 Å². The monoisotopic (exact) mass is 257 g/mol. The van der Waals surface area contributed by atoms with E-state index >= 15 is 0 Å². The van der Waals surface area contributed by atoms with Crippen molar-refractivity contribution in [1.82, 2.24) is 10.2 Å². The molecule has 0 saturated heterocycles. The van der Waals surface area contributed by atoms with Gasteiger partial charge in [-0.3, -0.25) is 9.89 Å². The number of anilines is 1. The van der Waals surface area contributed by atoms with Crippen molar-refractivity contribution in [1.29, 1.82) is 0 Å². The lowest BCUT2D eigenvalue weighted by Gasteiger charge is -2.12. The Kier molecular flexibility index (Phi) is 4.00. The summed E-state index contributed by atoms with van der Waals surface area (Å²) in [5, 5.41) is 7.04. The highest BCUT2D eigenvalue weighted by atomic mass is 16.1. The molecule has 19 heavy (non-hydrogen) atoms. The molecule has 0 aliphatic rings. The van der Waals surface area contributed by atoms with E-state index in [0.717, 1.165) is 30.5 Å². The second-order valence-electron chi connectivity index (χ2n) is 4.89. The molecule has 0 saturated carbocycles. The van der Waals surface area contributed by atoms with Crippen LogP contribution in [0.4, 0.5) is 5.69 Å². The second kappa shape index (κ2) is 5.69. The largest absolute Gasteiger partial charge is 0.378 e. The molecule has 2 aromatic rings. The fraction of sp³-hybridized carbons (Fsp3) is 0.333. The van der Waals surface area contributed by atoms with Crippen LogP contribution in [0, 0.1) is 6.92 Å². The summed E-state index contributed by atoms with van der Waals surface area (Å²) in [6.45, 7) is 1.87. The zero-order chi connectivity index (χ0) is 13.8. The van der Waals surface area contributed by atoms with E-state index in [4.69, 9.17) is 0 Å². The molecule has 100 valence electrons. The number of aromatic amines is 1. The molecule has 0 aliphatic carbocycles. The lowest BCUT2D eigenvalue weighted by molar-refractivity contribution is 0.112. The Bertz CT molecular complexity index is 555. The molecule has 0 fully saturated rings. The first-order valence-corrected chi connectivity index (χ1v) is 6.37. The normalized spacial score (nSPS) is 10.5. The quantitative estimate of drug-likeness (QED) is 0.837. The van der Waals surface area contributed by atoms with E-state index < -0.39 is 0 Å². The SMILES string of the molecule is Cc1[nH]nc(CCc2ccc(N(C)C)cc2)c1C=O. The zero-order valence-electron chi connectivity index (χ0n) is 11.6. The highest BCUT2D eigenvalue weighted by Gasteiger charge is 2.09. The minimum atomic E-state index is 0.699. The topological polar surface area (TPSA) is 49.0 Å². The number of benzene rings is 1. The van der Waals surface area contributed by atoms with E-state index in [1.54, 1.807) is 0 Å². The summed E-state index contributed by atoms with van der Waals surface area (Å²) in [6, 6.07) is 8.45. The van der Waals surface area contributed by atoms with Gasteiger partial charge in [0.25, 0.3) is 0 Å². The Hall–Kier alpha value is -2.10. The Morgan fingerprint density at radius 1 is 1.21 bits per heavy atom. The van der Waals surface area contributed by atoms with Crippen LogP contribution >= 0.6 is 0 Å². The average molecular weight is 257 g/mol. The Labute approximate surface area is 113 Å². The third-order valence-corrected chi connectivity index (χ3v) is 3.29. The van der Waals surface area contributed by atoms with Crippen molar-refractivity contribution in [2.45, 2.75) is 19.8 Å². The van der Waals surface area contributed by atoms with Crippen LogP contribution < -0.4 is 4.90 Å². The number of rotatable bonds is 5. The fourth-order valence-corrected chi connectivity index (χ4v) is 2.06. The van der Waals surface area contributed by atoms with Gasteiger partial charge >= 0.3 is 0 Å². The van der Waals surface area contributed by atoms with Crippen LogP contribution in [0.2, 0.25) is 0 Å². The van der Waals surface area contributed by atoms with Crippen LogP contribution in [0.1, 0.15) is 27.3 Å². The number of hydrogen-bond acceptors (Lipinski definition) is 3. The van der Waals surface area contributed by atoms with E-state index in [-0.39, 0.29) is 0 Å². The van der Waals surface area contributed by atoms with Crippen LogP contribution in [-0.2, 0) is 12.8 Å². The Balaban J connectivity index is 2.04. The number of aryl methyl sites for hydroxylation is 3. The van der Waals surface area contributed by atoms with Gasteiger partial charge in [0.2, 0.25) is 0 Å². The summed E-state index contributed by atoms with van der Waals surface area (Å²) in [7, 11) is 4.05. The third kappa shape index (κ3) is 3.02. The van der Waals surface area contributed by atoms with Gasteiger partial charge in [0.15, 0.2) is 6.29 Å². The minimum Gasteiger partial charge on any atom is -0.378 e. The molecule has 0 unspecified atom stereocenters. The molecule has 0 aliphatic heterocycles. The maximum Gasteiger partial charge on any atom is 0.153 e. The highest BCUT2D eigenvalue weighted by molar-refractivity contribution is 5.78. The smallest absolute Gasteiger partial charge is 0.153 e. The fourth-order valence-electron chi connectivity index (χ4n) is 2.06. The van der Waals surface area contributed by atoms with Crippen LogP contribution in [0.3, 0.4) is 0 Å². The molecular weight excluding hydrogens is 238 g/mol. The molecule has 0 spiro atoms. The summed E-state index contributed by atoms with van der Waals surface area (Å²) in [5.41, 5.74) is 4.83. The van der Waals surface area contributed by atoms with Crippen LogP contribution in [-0.4, -0.2) is 30.6 Å². The molecule has 4 heteroatoms. The number of hydrogen-bond donors (Lipinski definition) is 1. The lowest BCUT2D eigenvalue weighted by atomic mass is 10.1. The van der Waals surface area contributed by atoms with Crippen LogP contribution in [0.15, 0.2) is 24.3 Å². The van der Waals surface area contributed by atoms with Gasteiger partial charge in [-0.25, -0.2) is 0 Å². The summed E-state index contributed by atoms with van der Waals surface area (Å²) >= 11 is 0. The first kappa shape index (κ1) is 13.3. The van der Waals surface area contributed by atoms with Crippen molar-refractivity contribution < 1.29 is 4.79 Å². The standard InChI is InChI=1S/C15H19N3O/c1-11-14(10-19)15(17-16-11)9-6-12-4-7-13(8-5-12)18(2)3/h4-5,7-8,10H,6,9H2,1-3H3,(H,16,17). The van der Waals surface area contributed by atoms with Gasteiger partial charge in [0, 0.05) is 25.5 Å². The number of carbonyl (C=O) groups excluding carboxylic acids is 1. The van der Waals surface area contributed by atoms with Crippen molar-refractivity contribution in [3.8, 4) is 0 Å². The molecule has 2 rings (SSSR count). The van der Waals surface area contributed by atoms with Crippen molar-refractivity contribution in [3.63, 3.8) is 0 Å². The number of nitrogens with one attached hydrogen (secondary N) is 1. The first-order valence-electron chi connectivity index (χ1n) is 6.37. The van der Waals surface area contributed by atoms with Gasteiger partial charge in [-0.05, 0) is 37.5 Å². The highest BCUT2D eigenvalue weighted by Crippen LogP contribution is 2.15. The molecule has 1 aromatic heterocycles. The van der Waals surface area contributed by atoms with Crippen molar-refractivity contribution >= 4 is 12.0 Å². The molecule has 0 radical (unpaired) electrons. The number of aldehydes is 1. The van der Waals surface area contributed by atoms with Gasteiger partial charge in [-0.15, -0.1) is 0 Å². The van der Waals surface area contributed by atoms with Crippen molar-refractivity contribution in [2.75, 3.05) is 19.0 Å². The predicted molar refractivity (Wildman–Crippen MR) is 76.9 cm³/mol. The van der Waals surface area contributed by atoms with Crippen LogP contribution in [0.5, 0.6) is 0 Å². The Morgan fingerprint density at radius 3 is 2.47 bits per heavy atom. The molecule has 1 N–H and O–H groups in total. The van der Waals surface area contributed by atoms with E-state index in [2.05, 4.69) is 39.4 Å². The van der Waals surface area contributed by atoms with Crippen molar-refractivity contribution in [2.24, 2.45) is 0 Å². The summed E-state index contributed by atoms with van der Waals surface area (Å²) in [5.74, 6) is 0. The molecule has 0 amide bonds. The van der Waals surface area contributed by atoms with Gasteiger partial charge in [-0.2, -0.15) is 5.10 Å². The average Bonchev–Trinajstić information content (AvgIpc) is 2.77. The number of aromatic nitrogens is 2. The zero-order valence-corrected chi connectivity index (χ0v) is 11.6. The van der Waals surface area contributed by atoms with Gasteiger partial charge in [0.05, 0.1) is 11.3 Å². The molecule has 1 aromatic carbocycles. The molecular formula is C15H19N3O. The van der Waals surface area contributed by atoms with E-state index in [1.807, 2.05) is 21.0 Å². The van der Waals surface area contributed by atoms with E-state index in [0.29, 0.717) is 5.56 Å². The molecule has 0 atom stereocenters. The second-order valence-corrected chi connectivity index (χ2v) is 4.89. The molecule has 0 bridgehead atoms. The first-order chi connectivity index (χ1) is 9.11. The number of H-pyrrole nitrogens is 1. The van der Waals surface area contributed by atoms with Crippen molar-refractivity contribution in [3.05, 3.63) is 46.8 Å².